The molecule has 0 radical (unpaired) electrons. The molecular formula is C17H19BrN6O3S. The topological polar surface area (TPSA) is 92.9 Å². The number of rotatable bonds is 4. The largest absolute Gasteiger partial charge is 0.495 e. The zero-order valence-electron chi connectivity index (χ0n) is 15.4. The molecule has 1 saturated heterocycles. The van der Waals surface area contributed by atoms with Gasteiger partial charge in [-0.15, -0.1) is 0 Å². The molecule has 3 heterocycles. The normalized spacial score (nSPS) is 15.9. The number of aryl methyl sites for hydroxylation is 1. The van der Waals surface area contributed by atoms with Crippen molar-refractivity contribution < 1.29 is 13.2 Å². The minimum absolute atomic E-state index is 0.163. The lowest BCUT2D eigenvalue weighted by atomic mass is 10.3. The number of methoxy groups -OCH3 is 1. The molecule has 11 heteroatoms. The predicted molar refractivity (Wildman–Crippen MR) is 107 cm³/mol. The highest BCUT2D eigenvalue weighted by molar-refractivity contribution is 9.10. The van der Waals surface area contributed by atoms with Crippen LogP contribution in [0.25, 0.3) is 5.78 Å². The van der Waals surface area contributed by atoms with Crippen LogP contribution in [-0.2, 0) is 10.0 Å². The highest BCUT2D eigenvalue weighted by Gasteiger charge is 2.31. The third-order valence-electron chi connectivity index (χ3n) is 4.67. The Morgan fingerprint density at radius 3 is 2.61 bits per heavy atom. The smallest absolute Gasteiger partial charge is 0.254 e. The number of hydrogen-bond acceptors (Lipinski definition) is 7. The first-order chi connectivity index (χ1) is 13.4. The Morgan fingerprint density at radius 2 is 1.89 bits per heavy atom. The third-order valence-corrected chi connectivity index (χ3v) is 7.08. The van der Waals surface area contributed by atoms with E-state index in [1.807, 2.05) is 13.0 Å². The fourth-order valence-electron chi connectivity index (χ4n) is 3.29. The molecule has 28 heavy (non-hydrogen) atoms. The number of anilines is 1. The van der Waals surface area contributed by atoms with E-state index in [0.717, 1.165) is 11.5 Å². The van der Waals surface area contributed by atoms with Gasteiger partial charge in [0, 0.05) is 42.4 Å². The highest BCUT2D eigenvalue weighted by atomic mass is 79.9. The second-order valence-corrected chi connectivity index (χ2v) is 9.24. The summed E-state index contributed by atoms with van der Waals surface area (Å²) in [5.41, 5.74) is 0.837. The molecule has 9 nitrogen and oxygen atoms in total. The Hall–Kier alpha value is -2.24. The Balaban J connectivity index is 1.59. The van der Waals surface area contributed by atoms with Crippen molar-refractivity contribution in [1.29, 1.82) is 0 Å². The monoisotopic (exact) mass is 466 g/mol. The standard InChI is InChI=1S/C17H19BrN6O3S/c1-12-9-16(24-17(21-12)19-11-20-24)22-5-7-23(8-6-22)28(25,26)15-10-13(18)3-4-14(15)27-2/h3-4,9-11H,5-8H2,1-2H3. The summed E-state index contributed by atoms with van der Waals surface area (Å²) in [4.78, 5) is 10.8. The van der Waals surface area contributed by atoms with Crippen LogP contribution in [0.2, 0.25) is 0 Å². The number of nitrogens with zero attached hydrogens (tertiary/aromatic N) is 6. The molecular weight excluding hydrogens is 448 g/mol. The molecule has 1 aliphatic heterocycles. The molecule has 1 fully saturated rings. The van der Waals surface area contributed by atoms with Crippen LogP contribution in [0.1, 0.15) is 5.69 Å². The Morgan fingerprint density at radius 1 is 1.14 bits per heavy atom. The number of hydrogen-bond donors (Lipinski definition) is 0. The Labute approximate surface area is 171 Å². The van der Waals surface area contributed by atoms with E-state index < -0.39 is 10.0 Å². The van der Waals surface area contributed by atoms with Crippen molar-refractivity contribution >= 4 is 37.5 Å². The molecule has 2 aromatic heterocycles. The van der Waals surface area contributed by atoms with Crippen LogP contribution >= 0.6 is 15.9 Å². The number of aromatic nitrogens is 4. The summed E-state index contributed by atoms with van der Waals surface area (Å²) in [6.07, 6.45) is 1.46. The molecule has 0 N–H and O–H groups in total. The summed E-state index contributed by atoms with van der Waals surface area (Å²) in [7, 11) is -2.20. The molecule has 0 atom stereocenters. The van der Waals surface area contributed by atoms with Crippen molar-refractivity contribution in [3.63, 3.8) is 0 Å². The van der Waals surface area contributed by atoms with Gasteiger partial charge in [-0.1, -0.05) is 15.9 Å². The zero-order chi connectivity index (χ0) is 19.9. The van der Waals surface area contributed by atoms with Crippen molar-refractivity contribution in [3.8, 4) is 5.75 Å². The van der Waals surface area contributed by atoms with Gasteiger partial charge in [-0.05, 0) is 25.1 Å². The summed E-state index contributed by atoms with van der Waals surface area (Å²) < 4.78 is 35.4. The quantitative estimate of drug-likeness (QED) is 0.577. The molecule has 0 saturated carbocycles. The van der Waals surface area contributed by atoms with Gasteiger partial charge in [0.15, 0.2) is 0 Å². The van der Waals surface area contributed by atoms with E-state index in [0.29, 0.717) is 42.2 Å². The predicted octanol–water partition coefficient (Wildman–Crippen LogP) is 1.71. The molecule has 0 unspecified atom stereocenters. The average molecular weight is 467 g/mol. The number of piperazine rings is 1. The van der Waals surface area contributed by atoms with Gasteiger partial charge in [0.2, 0.25) is 10.0 Å². The SMILES string of the molecule is COc1ccc(Br)cc1S(=O)(=O)N1CCN(c2cc(C)nc3ncnn23)CC1. The van der Waals surface area contributed by atoms with Crippen LogP contribution in [-0.4, -0.2) is 65.6 Å². The van der Waals surface area contributed by atoms with Gasteiger partial charge in [-0.3, -0.25) is 0 Å². The number of fused-ring (bicyclic) bond motifs is 1. The van der Waals surface area contributed by atoms with Crippen LogP contribution in [0.5, 0.6) is 5.75 Å². The maximum absolute atomic E-state index is 13.2. The van der Waals surface area contributed by atoms with E-state index in [1.54, 1.807) is 22.7 Å². The molecule has 0 aliphatic carbocycles. The Kier molecular flexibility index (Phi) is 4.98. The molecule has 0 amide bonds. The van der Waals surface area contributed by atoms with Gasteiger partial charge in [-0.25, -0.2) is 13.4 Å². The number of halogens is 1. The first-order valence-corrected chi connectivity index (χ1v) is 10.9. The first kappa shape index (κ1) is 19.1. The van der Waals surface area contributed by atoms with Crippen molar-refractivity contribution in [2.75, 3.05) is 38.2 Å². The number of ether oxygens (including phenoxy) is 1. The van der Waals surface area contributed by atoms with Crippen LogP contribution in [0.3, 0.4) is 0 Å². The first-order valence-electron chi connectivity index (χ1n) is 8.66. The second kappa shape index (κ2) is 7.30. The van der Waals surface area contributed by atoms with Crippen LogP contribution in [0.15, 0.2) is 40.0 Å². The van der Waals surface area contributed by atoms with Gasteiger partial charge >= 0.3 is 0 Å². The molecule has 3 aromatic rings. The van der Waals surface area contributed by atoms with E-state index >= 15 is 0 Å². The lowest BCUT2D eigenvalue weighted by molar-refractivity contribution is 0.373. The minimum Gasteiger partial charge on any atom is -0.495 e. The molecule has 148 valence electrons. The zero-order valence-corrected chi connectivity index (χ0v) is 17.8. The molecule has 0 spiro atoms. The fourth-order valence-corrected chi connectivity index (χ4v) is 5.40. The lowest BCUT2D eigenvalue weighted by Gasteiger charge is -2.35. The van der Waals surface area contributed by atoms with E-state index in [-0.39, 0.29) is 4.90 Å². The summed E-state index contributed by atoms with van der Waals surface area (Å²) in [5.74, 6) is 1.72. The van der Waals surface area contributed by atoms with Crippen molar-refractivity contribution in [1.82, 2.24) is 23.9 Å². The van der Waals surface area contributed by atoms with E-state index in [4.69, 9.17) is 4.74 Å². The van der Waals surface area contributed by atoms with E-state index in [1.165, 1.54) is 17.7 Å². The maximum atomic E-state index is 13.2. The summed E-state index contributed by atoms with van der Waals surface area (Å²) in [5, 5.41) is 4.23. The second-order valence-electron chi connectivity index (χ2n) is 6.41. The van der Waals surface area contributed by atoms with Gasteiger partial charge in [0.25, 0.3) is 5.78 Å². The summed E-state index contributed by atoms with van der Waals surface area (Å²) in [6.45, 7) is 3.69. The molecule has 1 aliphatic rings. The van der Waals surface area contributed by atoms with Gasteiger partial charge in [-0.2, -0.15) is 18.9 Å². The third kappa shape index (κ3) is 3.33. The van der Waals surface area contributed by atoms with Gasteiger partial charge in [0.1, 0.15) is 22.8 Å². The Bertz CT molecular complexity index is 1130. The van der Waals surface area contributed by atoms with Crippen molar-refractivity contribution in [2.24, 2.45) is 0 Å². The van der Waals surface area contributed by atoms with E-state index in [2.05, 4.69) is 35.9 Å². The average Bonchev–Trinajstić information content (AvgIpc) is 3.15. The number of benzene rings is 1. The van der Waals surface area contributed by atoms with Gasteiger partial charge in [0.05, 0.1) is 7.11 Å². The summed E-state index contributed by atoms with van der Waals surface area (Å²) in [6, 6.07) is 6.91. The maximum Gasteiger partial charge on any atom is 0.254 e. The number of sulfonamides is 1. The van der Waals surface area contributed by atoms with Crippen molar-refractivity contribution in [2.45, 2.75) is 11.8 Å². The molecule has 4 rings (SSSR count). The summed E-state index contributed by atoms with van der Waals surface area (Å²) >= 11 is 3.34. The molecule has 1 aromatic carbocycles. The molecule has 0 bridgehead atoms. The van der Waals surface area contributed by atoms with Crippen molar-refractivity contribution in [3.05, 3.63) is 40.8 Å². The fraction of sp³-hybridized carbons (Fsp3) is 0.353. The highest BCUT2D eigenvalue weighted by Crippen LogP contribution is 2.30. The van der Waals surface area contributed by atoms with Crippen LogP contribution in [0.4, 0.5) is 5.82 Å². The van der Waals surface area contributed by atoms with Crippen LogP contribution in [0, 0.1) is 6.92 Å². The minimum atomic E-state index is -3.67. The van der Waals surface area contributed by atoms with Crippen LogP contribution < -0.4 is 9.64 Å². The van der Waals surface area contributed by atoms with Gasteiger partial charge < -0.3 is 9.64 Å². The lowest BCUT2D eigenvalue weighted by Crippen LogP contribution is -2.49. The van der Waals surface area contributed by atoms with E-state index in [9.17, 15) is 8.42 Å².